The van der Waals surface area contributed by atoms with Crippen molar-refractivity contribution >= 4 is 5.97 Å². The molecule has 0 aromatic carbocycles. The highest BCUT2D eigenvalue weighted by atomic mass is 16.5. The molecule has 0 atom stereocenters. The van der Waals surface area contributed by atoms with E-state index in [1.807, 2.05) is 0 Å². The number of hydrogen-bond acceptors (Lipinski definition) is 3. The first-order valence-corrected chi connectivity index (χ1v) is 5.01. The van der Waals surface area contributed by atoms with Crippen molar-refractivity contribution in [1.29, 1.82) is 0 Å². The van der Waals surface area contributed by atoms with Crippen LogP contribution in [-0.2, 0) is 9.53 Å². The molecule has 0 radical (unpaired) electrons. The lowest BCUT2D eigenvalue weighted by molar-refractivity contribution is -0.153. The summed E-state index contributed by atoms with van der Waals surface area (Å²) < 4.78 is 4.92. The van der Waals surface area contributed by atoms with Gasteiger partial charge in [-0.3, -0.25) is 4.79 Å². The van der Waals surface area contributed by atoms with Gasteiger partial charge in [0.1, 0.15) is 0 Å². The minimum Gasteiger partial charge on any atom is -0.481 e. The summed E-state index contributed by atoms with van der Waals surface area (Å²) in [5.74, 6) is -0.749. The van der Waals surface area contributed by atoms with Gasteiger partial charge in [0.2, 0.25) is 0 Å². The van der Waals surface area contributed by atoms with Crippen LogP contribution in [0.25, 0.3) is 0 Å². The van der Waals surface area contributed by atoms with Crippen molar-refractivity contribution in [3.05, 3.63) is 0 Å². The zero-order valence-electron chi connectivity index (χ0n) is 8.53. The predicted molar refractivity (Wildman–Crippen MR) is 51.0 cm³/mol. The molecule has 0 aliphatic heterocycles. The lowest BCUT2D eigenvalue weighted by Crippen LogP contribution is -2.37. The first kappa shape index (κ1) is 11.5. The Balaban J connectivity index is 2.58. The zero-order chi connectivity index (χ0) is 10.6. The molecule has 1 fully saturated rings. The van der Waals surface area contributed by atoms with E-state index in [0.717, 1.165) is 0 Å². The van der Waals surface area contributed by atoms with Crippen molar-refractivity contribution in [2.75, 3.05) is 13.7 Å². The zero-order valence-corrected chi connectivity index (χ0v) is 8.53. The van der Waals surface area contributed by atoms with Gasteiger partial charge in [-0.15, -0.1) is 0 Å². The average Bonchev–Trinajstić information content (AvgIpc) is 2.17. The van der Waals surface area contributed by atoms with E-state index >= 15 is 0 Å². The number of carbonyl (C=O) groups is 1. The van der Waals surface area contributed by atoms with Gasteiger partial charge in [0.05, 0.1) is 11.5 Å². The third-order valence-corrected chi connectivity index (χ3v) is 3.15. The molecule has 4 heteroatoms. The van der Waals surface area contributed by atoms with Crippen molar-refractivity contribution in [2.45, 2.75) is 38.2 Å². The van der Waals surface area contributed by atoms with E-state index in [2.05, 4.69) is 0 Å². The molecule has 0 aromatic rings. The molecule has 0 unspecified atom stereocenters. The summed E-state index contributed by atoms with van der Waals surface area (Å²) in [6.45, 7) is 0.475. The highest BCUT2D eigenvalue weighted by molar-refractivity contribution is 5.74. The summed E-state index contributed by atoms with van der Waals surface area (Å²) in [7, 11) is 1.58. The number of ether oxygens (including phenoxy) is 1. The van der Waals surface area contributed by atoms with E-state index in [4.69, 9.17) is 9.84 Å². The van der Waals surface area contributed by atoms with Crippen LogP contribution >= 0.6 is 0 Å². The molecule has 1 saturated carbocycles. The summed E-state index contributed by atoms with van der Waals surface area (Å²) in [6, 6.07) is 0. The molecule has 0 amide bonds. The molecule has 0 aromatic heterocycles. The predicted octanol–water partition coefficient (Wildman–Crippen LogP) is 1.03. The van der Waals surface area contributed by atoms with Gasteiger partial charge >= 0.3 is 5.97 Å². The lowest BCUT2D eigenvalue weighted by atomic mass is 9.71. The van der Waals surface area contributed by atoms with Gasteiger partial charge in [-0.2, -0.15) is 0 Å². The Morgan fingerprint density at radius 2 is 2.07 bits per heavy atom. The van der Waals surface area contributed by atoms with E-state index in [-0.39, 0.29) is 6.10 Å². The van der Waals surface area contributed by atoms with Gasteiger partial charge in [-0.1, -0.05) is 0 Å². The Hall–Kier alpha value is -0.610. The maximum absolute atomic E-state index is 11.2. The Kier molecular flexibility index (Phi) is 3.89. The second-order valence-corrected chi connectivity index (χ2v) is 4.06. The number of rotatable bonds is 4. The van der Waals surface area contributed by atoms with E-state index in [1.165, 1.54) is 0 Å². The highest BCUT2D eigenvalue weighted by Gasteiger charge is 2.41. The Bertz CT molecular complexity index is 189. The van der Waals surface area contributed by atoms with Crippen LogP contribution in [0.5, 0.6) is 0 Å². The first-order chi connectivity index (χ1) is 6.60. The molecule has 0 bridgehead atoms. The SMILES string of the molecule is COCCC1(C(=O)O)CCC(O)CC1. The minimum atomic E-state index is -0.749. The molecule has 82 valence electrons. The number of aliphatic carboxylic acids is 1. The Labute approximate surface area is 83.9 Å². The summed E-state index contributed by atoms with van der Waals surface area (Å²) in [6.07, 6.45) is 2.54. The largest absolute Gasteiger partial charge is 0.481 e. The summed E-state index contributed by atoms with van der Waals surface area (Å²) >= 11 is 0. The number of hydrogen-bond donors (Lipinski definition) is 2. The molecule has 4 nitrogen and oxygen atoms in total. The topological polar surface area (TPSA) is 66.8 Å². The summed E-state index contributed by atoms with van der Waals surface area (Å²) in [5, 5.41) is 18.5. The second kappa shape index (κ2) is 4.75. The Morgan fingerprint density at radius 3 is 2.50 bits per heavy atom. The van der Waals surface area contributed by atoms with E-state index in [0.29, 0.717) is 38.7 Å². The molecule has 0 saturated heterocycles. The third kappa shape index (κ3) is 2.45. The van der Waals surface area contributed by atoms with Crippen LogP contribution < -0.4 is 0 Å². The lowest BCUT2D eigenvalue weighted by Gasteiger charge is -2.34. The van der Waals surface area contributed by atoms with E-state index in [1.54, 1.807) is 7.11 Å². The van der Waals surface area contributed by atoms with Gasteiger partial charge in [0.25, 0.3) is 0 Å². The second-order valence-electron chi connectivity index (χ2n) is 4.06. The quantitative estimate of drug-likeness (QED) is 0.714. The van der Waals surface area contributed by atoms with Crippen molar-refractivity contribution in [2.24, 2.45) is 5.41 Å². The van der Waals surface area contributed by atoms with Crippen LogP contribution in [0.1, 0.15) is 32.1 Å². The fraction of sp³-hybridized carbons (Fsp3) is 0.900. The van der Waals surface area contributed by atoms with Crippen LogP contribution in [0.15, 0.2) is 0 Å². The van der Waals surface area contributed by atoms with Crippen LogP contribution in [-0.4, -0.2) is 36.0 Å². The van der Waals surface area contributed by atoms with Crippen molar-refractivity contribution in [3.63, 3.8) is 0 Å². The third-order valence-electron chi connectivity index (χ3n) is 3.15. The summed E-state index contributed by atoms with van der Waals surface area (Å²) in [4.78, 5) is 11.2. The molecule has 14 heavy (non-hydrogen) atoms. The maximum atomic E-state index is 11.2. The monoisotopic (exact) mass is 202 g/mol. The first-order valence-electron chi connectivity index (χ1n) is 5.01. The fourth-order valence-electron chi connectivity index (χ4n) is 2.02. The van der Waals surface area contributed by atoms with Crippen LogP contribution in [0.4, 0.5) is 0 Å². The van der Waals surface area contributed by atoms with Crippen LogP contribution in [0.2, 0.25) is 0 Å². The van der Waals surface area contributed by atoms with Crippen LogP contribution in [0, 0.1) is 5.41 Å². The van der Waals surface area contributed by atoms with Gasteiger partial charge < -0.3 is 14.9 Å². The number of carboxylic acids is 1. The molecule has 1 rings (SSSR count). The number of aliphatic hydroxyl groups is 1. The average molecular weight is 202 g/mol. The number of methoxy groups -OCH3 is 1. The molecular weight excluding hydrogens is 184 g/mol. The van der Waals surface area contributed by atoms with Gasteiger partial charge in [0, 0.05) is 13.7 Å². The molecule has 1 aliphatic rings. The molecule has 2 N–H and O–H groups in total. The van der Waals surface area contributed by atoms with Gasteiger partial charge in [-0.05, 0) is 32.1 Å². The normalized spacial score (nSPS) is 32.9. The minimum absolute atomic E-state index is 0.315. The van der Waals surface area contributed by atoms with E-state index < -0.39 is 11.4 Å². The summed E-state index contributed by atoms with van der Waals surface area (Å²) in [5.41, 5.74) is -0.657. The standard InChI is InChI=1S/C10H18O4/c1-14-7-6-10(9(12)13)4-2-8(11)3-5-10/h8,11H,2-7H2,1H3,(H,12,13). The van der Waals surface area contributed by atoms with Crippen LogP contribution in [0.3, 0.4) is 0 Å². The van der Waals surface area contributed by atoms with Gasteiger partial charge in [-0.25, -0.2) is 0 Å². The van der Waals surface area contributed by atoms with Crippen molar-refractivity contribution in [3.8, 4) is 0 Å². The number of carboxylic acid groups (broad SMARTS) is 1. The Morgan fingerprint density at radius 1 is 1.50 bits per heavy atom. The smallest absolute Gasteiger partial charge is 0.309 e. The van der Waals surface area contributed by atoms with E-state index in [9.17, 15) is 9.90 Å². The number of aliphatic hydroxyl groups excluding tert-OH is 1. The van der Waals surface area contributed by atoms with Crippen molar-refractivity contribution < 1.29 is 19.7 Å². The molecular formula is C10H18O4. The molecule has 1 aliphatic carbocycles. The van der Waals surface area contributed by atoms with Crippen molar-refractivity contribution in [1.82, 2.24) is 0 Å². The van der Waals surface area contributed by atoms with Gasteiger partial charge in [0.15, 0.2) is 0 Å². The fourth-order valence-corrected chi connectivity index (χ4v) is 2.02. The molecule has 0 spiro atoms. The molecule has 0 heterocycles. The highest BCUT2D eigenvalue weighted by Crippen LogP contribution is 2.39. The maximum Gasteiger partial charge on any atom is 0.309 e.